The van der Waals surface area contributed by atoms with Crippen molar-refractivity contribution in [1.82, 2.24) is 5.32 Å². The number of rotatable bonds is 5. The van der Waals surface area contributed by atoms with Crippen LogP contribution in [0.2, 0.25) is 0 Å². The van der Waals surface area contributed by atoms with Gasteiger partial charge in [0.2, 0.25) is 0 Å². The number of ether oxygens (including phenoxy) is 1. The average molecular weight is 415 g/mol. The Morgan fingerprint density at radius 3 is 2.52 bits per heavy atom. The van der Waals surface area contributed by atoms with Gasteiger partial charge in [0.05, 0.1) is 7.11 Å². The first-order valence-corrected chi connectivity index (χ1v) is 10.3. The Balaban J connectivity index is 1.44. The summed E-state index contributed by atoms with van der Waals surface area (Å²) in [6, 6.07) is 22.2. The summed E-state index contributed by atoms with van der Waals surface area (Å²) in [6.45, 7) is 1.06. The largest absolute Gasteiger partial charge is 0.497 e. The highest BCUT2D eigenvalue weighted by atomic mass is 16.5. The van der Waals surface area contributed by atoms with E-state index in [0.717, 1.165) is 35.4 Å². The van der Waals surface area contributed by atoms with Gasteiger partial charge in [0, 0.05) is 30.0 Å². The maximum Gasteiger partial charge on any atom is 0.319 e. The van der Waals surface area contributed by atoms with E-state index in [2.05, 4.69) is 10.6 Å². The van der Waals surface area contributed by atoms with Crippen LogP contribution < -0.4 is 20.3 Å². The number of fused-ring (bicyclic) bond motifs is 1. The van der Waals surface area contributed by atoms with E-state index in [1.165, 1.54) is 0 Å². The van der Waals surface area contributed by atoms with E-state index in [-0.39, 0.29) is 11.9 Å². The zero-order chi connectivity index (χ0) is 21.6. The molecule has 0 fully saturated rings. The van der Waals surface area contributed by atoms with E-state index in [4.69, 9.17) is 4.74 Å². The molecule has 31 heavy (non-hydrogen) atoms. The molecule has 1 aliphatic rings. The van der Waals surface area contributed by atoms with E-state index in [0.29, 0.717) is 24.3 Å². The van der Waals surface area contributed by atoms with Crippen molar-refractivity contribution in [2.45, 2.75) is 19.4 Å². The van der Waals surface area contributed by atoms with Crippen molar-refractivity contribution in [2.75, 3.05) is 23.9 Å². The van der Waals surface area contributed by atoms with Gasteiger partial charge in [0.1, 0.15) is 5.75 Å². The molecule has 0 saturated carbocycles. The Bertz CT molecular complexity index is 1070. The summed E-state index contributed by atoms with van der Waals surface area (Å²) in [7, 11) is 1.62. The Kier molecular flexibility index (Phi) is 6.17. The molecule has 3 amide bonds. The van der Waals surface area contributed by atoms with Gasteiger partial charge in [-0.25, -0.2) is 4.79 Å². The van der Waals surface area contributed by atoms with Gasteiger partial charge in [-0.2, -0.15) is 0 Å². The van der Waals surface area contributed by atoms with Crippen molar-refractivity contribution in [3.05, 3.63) is 89.5 Å². The molecule has 3 aromatic carbocycles. The lowest BCUT2D eigenvalue weighted by Gasteiger charge is -2.30. The van der Waals surface area contributed by atoms with Crippen LogP contribution in [0.1, 0.15) is 27.9 Å². The monoisotopic (exact) mass is 415 g/mol. The van der Waals surface area contributed by atoms with Crippen molar-refractivity contribution < 1.29 is 14.3 Å². The molecule has 0 saturated heterocycles. The number of benzene rings is 3. The number of hydrogen-bond acceptors (Lipinski definition) is 3. The number of amides is 3. The summed E-state index contributed by atoms with van der Waals surface area (Å²) in [5, 5.41) is 5.72. The van der Waals surface area contributed by atoms with Crippen LogP contribution >= 0.6 is 0 Å². The minimum atomic E-state index is -0.299. The van der Waals surface area contributed by atoms with Crippen LogP contribution in [0.5, 0.6) is 5.75 Å². The number of carbonyl (C=O) groups excluding carboxylic acids is 2. The van der Waals surface area contributed by atoms with Gasteiger partial charge in [-0.15, -0.1) is 0 Å². The van der Waals surface area contributed by atoms with Gasteiger partial charge in [0.25, 0.3) is 5.91 Å². The second-order valence-corrected chi connectivity index (χ2v) is 7.43. The summed E-state index contributed by atoms with van der Waals surface area (Å²) in [5.74, 6) is 0.750. The predicted molar refractivity (Wildman–Crippen MR) is 122 cm³/mol. The van der Waals surface area contributed by atoms with Crippen molar-refractivity contribution in [3.8, 4) is 5.75 Å². The summed E-state index contributed by atoms with van der Waals surface area (Å²) in [5.41, 5.74) is 4.25. The SMILES string of the molecule is COc1ccc(CNC(=O)Nc2ccc3c(c2)N(C(=O)c2ccccc2)CCC3)cc1. The van der Waals surface area contributed by atoms with Crippen LogP contribution in [0, 0.1) is 0 Å². The number of methoxy groups -OCH3 is 1. The van der Waals surface area contributed by atoms with Gasteiger partial charge in [-0.05, 0) is 60.4 Å². The molecule has 6 heteroatoms. The zero-order valence-corrected chi connectivity index (χ0v) is 17.4. The normalized spacial score (nSPS) is 12.6. The Hall–Kier alpha value is -3.80. The average Bonchev–Trinajstić information content (AvgIpc) is 2.83. The summed E-state index contributed by atoms with van der Waals surface area (Å²) >= 11 is 0. The maximum atomic E-state index is 13.0. The Morgan fingerprint density at radius 2 is 1.77 bits per heavy atom. The maximum absolute atomic E-state index is 13.0. The fraction of sp³-hybridized carbons (Fsp3) is 0.200. The van der Waals surface area contributed by atoms with Gasteiger partial charge in [-0.1, -0.05) is 36.4 Å². The zero-order valence-electron chi connectivity index (χ0n) is 17.4. The van der Waals surface area contributed by atoms with Gasteiger partial charge < -0.3 is 20.3 Å². The van der Waals surface area contributed by atoms with Crippen LogP contribution in [-0.4, -0.2) is 25.6 Å². The second-order valence-electron chi connectivity index (χ2n) is 7.43. The molecule has 1 aliphatic heterocycles. The highest BCUT2D eigenvalue weighted by molar-refractivity contribution is 6.07. The van der Waals surface area contributed by atoms with Gasteiger partial charge >= 0.3 is 6.03 Å². The Morgan fingerprint density at radius 1 is 1.00 bits per heavy atom. The summed E-state index contributed by atoms with van der Waals surface area (Å²) in [6.07, 6.45) is 1.83. The molecule has 0 spiro atoms. The van der Waals surface area contributed by atoms with Crippen LogP contribution in [0.25, 0.3) is 0 Å². The molecule has 0 bridgehead atoms. The molecular weight excluding hydrogens is 390 g/mol. The smallest absolute Gasteiger partial charge is 0.319 e. The summed E-state index contributed by atoms with van der Waals surface area (Å²) in [4.78, 5) is 27.2. The molecule has 6 nitrogen and oxygen atoms in total. The molecule has 3 aromatic rings. The second kappa shape index (κ2) is 9.34. The third-order valence-corrected chi connectivity index (χ3v) is 5.34. The molecule has 0 radical (unpaired) electrons. The van der Waals surface area contributed by atoms with Crippen LogP contribution in [-0.2, 0) is 13.0 Å². The van der Waals surface area contributed by atoms with Crippen molar-refractivity contribution in [3.63, 3.8) is 0 Å². The molecule has 0 aromatic heterocycles. The van der Waals surface area contributed by atoms with E-state index >= 15 is 0 Å². The van der Waals surface area contributed by atoms with E-state index in [1.807, 2.05) is 72.8 Å². The minimum Gasteiger partial charge on any atom is -0.497 e. The number of carbonyl (C=O) groups is 2. The molecule has 0 unspecified atom stereocenters. The van der Waals surface area contributed by atoms with E-state index in [9.17, 15) is 9.59 Å². The molecular formula is C25H25N3O3. The highest BCUT2D eigenvalue weighted by Gasteiger charge is 2.24. The molecule has 158 valence electrons. The highest BCUT2D eigenvalue weighted by Crippen LogP contribution is 2.31. The predicted octanol–water partition coefficient (Wildman–Crippen LogP) is 4.61. The first-order valence-electron chi connectivity index (χ1n) is 10.3. The Labute approximate surface area is 181 Å². The third kappa shape index (κ3) is 4.86. The van der Waals surface area contributed by atoms with Crippen LogP contribution in [0.15, 0.2) is 72.8 Å². The molecule has 2 N–H and O–H groups in total. The molecule has 4 rings (SSSR count). The van der Waals surface area contributed by atoms with Gasteiger partial charge in [-0.3, -0.25) is 4.79 Å². The number of nitrogens with one attached hydrogen (secondary N) is 2. The third-order valence-electron chi connectivity index (χ3n) is 5.34. The lowest BCUT2D eigenvalue weighted by atomic mass is 10.00. The number of anilines is 2. The van der Waals surface area contributed by atoms with E-state index in [1.54, 1.807) is 12.0 Å². The number of hydrogen-bond donors (Lipinski definition) is 2. The standard InChI is InChI=1S/C25H25N3O3/c1-31-22-13-9-18(10-14-22)17-26-25(30)27-21-12-11-19-8-5-15-28(23(19)16-21)24(29)20-6-3-2-4-7-20/h2-4,6-7,9-14,16H,5,8,15,17H2,1H3,(H2,26,27,30). The fourth-order valence-corrected chi connectivity index (χ4v) is 3.70. The van der Waals surface area contributed by atoms with Crippen molar-refractivity contribution in [2.24, 2.45) is 0 Å². The number of aryl methyl sites for hydroxylation is 1. The lowest BCUT2D eigenvalue weighted by molar-refractivity contribution is 0.0985. The van der Waals surface area contributed by atoms with Gasteiger partial charge in [0.15, 0.2) is 0 Å². The van der Waals surface area contributed by atoms with E-state index < -0.39 is 0 Å². The quantitative estimate of drug-likeness (QED) is 0.639. The first kappa shape index (κ1) is 20.5. The van der Waals surface area contributed by atoms with Crippen LogP contribution in [0.4, 0.5) is 16.2 Å². The lowest BCUT2D eigenvalue weighted by Crippen LogP contribution is -2.35. The van der Waals surface area contributed by atoms with Crippen LogP contribution in [0.3, 0.4) is 0 Å². The summed E-state index contributed by atoms with van der Waals surface area (Å²) < 4.78 is 5.15. The molecule has 0 aliphatic carbocycles. The number of nitrogens with zero attached hydrogens (tertiary/aromatic N) is 1. The van der Waals surface area contributed by atoms with Crippen molar-refractivity contribution in [1.29, 1.82) is 0 Å². The first-order chi connectivity index (χ1) is 15.1. The topological polar surface area (TPSA) is 70.7 Å². The molecule has 1 heterocycles. The fourth-order valence-electron chi connectivity index (χ4n) is 3.70. The molecule has 0 atom stereocenters. The minimum absolute atomic E-state index is 0.0253. The number of urea groups is 1. The van der Waals surface area contributed by atoms with Crippen molar-refractivity contribution >= 4 is 23.3 Å².